The Hall–Kier alpha value is -2.80. The standard InChI is InChI=1S/C19H16F2N2O2S/c20-14-7-5-13(6-8-14)19-23-15(12-26-19)9-10-22-18(24)11-25-17-4-2-1-3-16(17)21/h1-8,12H,9-11H2,(H,22,24). The van der Waals surface area contributed by atoms with E-state index >= 15 is 0 Å². The number of hydrogen-bond donors (Lipinski definition) is 1. The van der Waals surface area contributed by atoms with Crippen LogP contribution in [-0.4, -0.2) is 24.0 Å². The minimum Gasteiger partial charge on any atom is -0.481 e. The maximum absolute atomic E-state index is 13.4. The van der Waals surface area contributed by atoms with Gasteiger partial charge in [-0.05, 0) is 36.4 Å². The molecule has 0 fully saturated rings. The van der Waals surface area contributed by atoms with Gasteiger partial charge in [-0.3, -0.25) is 4.79 Å². The minimum absolute atomic E-state index is 0.0473. The highest BCUT2D eigenvalue weighted by molar-refractivity contribution is 7.13. The van der Waals surface area contributed by atoms with Crippen LogP contribution in [0.5, 0.6) is 5.75 Å². The second-order valence-electron chi connectivity index (χ2n) is 5.47. The van der Waals surface area contributed by atoms with Crippen LogP contribution in [-0.2, 0) is 11.2 Å². The number of ether oxygens (including phenoxy) is 1. The predicted octanol–water partition coefficient (Wildman–Crippen LogP) is 3.83. The van der Waals surface area contributed by atoms with Crippen molar-refractivity contribution in [1.82, 2.24) is 10.3 Å². The maximum atomic E-state index is 13.4. The Bertz CT molecular complexity index is 881. The summed E-state index contributed by atoms with van der Waals surface area (Å²) in [5.74, 6) is -1.07. The van der Waals surface area contributed by atoms with Crippen molar-refractivity contribution in [2.75, 3.05) is 13.2 Å². The molecule has 0 aliphatic heterocycles. The zero-order chi connectivity index (χ0) is 18.4. The van der Waals surface area contributed by atoms with E-state index in [9.17, 15) is 13.6 Å². The number of rotatable bonds is 7. The van der Waals surface area contributed by atoms with Gasteiger partial charge in [-0.25, -0.2) is 13.8 Å². The van der Waals surface area contributed by atoms with E-state index in [4.69, 9.17) is 4.74 Å². The van der Waals surface area contributed by atoms with Crippen LogP contribution in [0.15, 0.2) is 53.9 Å². The summed E-state index contributed by atoms with van der Waals surface area (Å²) < 4.78 is 31.5. The lowest BCUT2D eigenvalue weighted by atomic mass is 10.2. The molecule has 1 aromatic heterocycles. The fourth-order valence-electron chi connectivity index (χ4n) is 2.23. The molecule has 1 heterocycles. The molecule has 0 aliphatic carbocycles. The van der Waals surface area contributed by atoms with Crippen molar-refractivity contribution in [1.29, 1.82) is 0 Å². The summed E-state index contributed by atoms with van der Waals surface area (Å²) in [6.45, 7) is 0.144. The van der Waals surface area contributed by atoms with Crippen LogP contribution in [0.4, 0.5) is 8.78 Å². The average Bonchev–Trinajstić information content (AvgIpc) is 3.10. The van der Waals surface area contributed by atoms with Crippen LogP contribution in [0, 0.1) is 11.6 Å². The Labute approximate surface area is 153 Å². The molecule has 3 rings (SSSR count). The smallest absolute Gasteiger partial charge is 0.257 e. The summed E-state index contributed by atoms with van der Waals surface area (Å²) in [5, 5.41) is 5.41. The number of nitrogens with zero attached hydrogens (tertiary/aromatic N) is 1. The monoisotopic (exact) mass is 374 g/mol. The van der Waals surface area contributed by atoms with E-state index in [1.165, 1.54) is 35.6 Å². The number of benzene rings is 2. The quantitative estimate of drug-likeness (QED) is 0.684. The summed E-state index contributed by atoms with van der Waals surface area (Å²) >= 11 is 1.46. The molecule has 0 saturated carbocycles. The lowest BCUT2D eigenvalue weighted by molar-refractivity contribution is -0.123. The number of carbonyl (C=O) groups excluding carboxylic acids is 1. The van der Waals surface area contributed by atoms with Crippen LogP contribution >= 0.6 is 11.3 Å². The molecule has 0 saturated heterocycles. The number of carbonyl (C=O) groups is 1. The Morgan fingerprint density at radius 1 is 1.12 bits per heavy atom. The molecule has 7 heteroatoms. The molecular formula is C19H16F2N2O2S. The van der Waals surface area contributed by atoms with Gasteiger partial charge >= 0.3 is 0 Å². The minimum atomic E-state index is -0.504. The van der Waals surface area contributed by atoms with Crippen LogP contribution in [0.25, 0.3) is 10.6 Å². The first-order chi connectivity index (χ1) is 12.6. The van der Waals surface area contributed by atoms with Gasteiger partial charge in [0.1, 0.15) is 10.8 Å². The first-order valence-corrected chi connectivity index (χ1v) is 8.84. The largest absolute Gasteiger partial charge is 0.481 e. The predicted molar refractivity (Wildman–Crippen MR) is 96.1 cm³/mol. The number of amides is 1. The van der Waals surface area contributed by atoms with Gasteiger partial charge < -0.3 is 10.1 Å². The normalized spacial score (nSPS) is 10.5. The molecule has 1 amide bonds. The number of thiazole rings is 1. The number of halogens is 2. The molecule has 0 atom stereocenters. The van der Waals surface area contributed by atoms with E-state index in [1.54, 1.807) is 24.3 Å². The lowest BCUT2D eigenvalue weighted by Gasteiger charge is -2.07. The molecule has 0 bridgehead atoms. The molecular weight excluding hydrogens is 358 g/mol. The summed E-state index contributed by atoms with van der Waals surface area (Å²) in [6, 6.07) is 12.1. The van der Waals surface area contributed by atoms with Crippen molar-refractivity contribution in [3.8, 4) is 16.3 Å². The van der Waals surface area contributed by atoms with Gasteiger partial charge in [-0.2, -0.15) is 0 Å². The van der Waals surface area contributed by atoms with E-state index in [0.717, 1.165) is 16.3 Å². The molecule has 3 aromatic rings. The van der Waals surface area contributed by atoms with Crippen LogP contribution < -0.4 is 10.1 Å². The van der Waals surface area contributed by atoms with Gasteiger partial charge in [0.25, 0.3) is 5.91 Å². The van der Waals surface area contributed by atoms with Gasteiger partial charge in [0, 0.05) is 23.9 Å². The number of nitrogens with one attached hydrogen (secondary N) is 1. The fourth-order valence-corrected chi connectivity index (χ4v) is 3.09. The van der Waals surface area contributed by atoms with Gasteiger partial charge in [0.2, 0.25) is 0 Å². The fraction of sp³-hybridized carbons (Fsp3) is 0.158. The second kappa shape index (κ2) is 8.53. The van der Waals surface area contributed by atoms with Crippen LogP contribution in [0.2, 0.25) is 0 Å². The topological polar surface area (TPSA) is 51.2 Å². The van der Waals surface area contributed by atoms with Crippen molar-refractivity contribution in [2.24, 2.45) is 0 Å². The zero-order valence-electron chi connectivity index (χ0n) is 13.7. The Kier molecular flexibility index (Phi) is 5.91. The van der Waals surface area contributed by atoms with E-state index < -0.39 is 5.82 Å². The van der Waals surface area contributed by atoms with Crippen molar-refractivity contribution >= 4 is 17.2 Å². The number of aromatic nitrogens is 1. The summed E-state index contributed by atoms with van der Waals surface area (Å²) in [7, 11) is 0. The zero-order valence-corrected chi connectivity index (χ0v) is 14.6. The summed E-state index contributed by atoms with van der Waals surface area (Å²) in [6.07, 6.45) is 0.559. The molecule has 0 radical (unpaired) electrons. The molecule has 134 valence electrons. The highest BCUT2D eigenvalue weighted by atomic mass is 32.1. The van der Waals surface area contributed by atoms with Crippen LogP contribution in [0.3, 0.4) is 0 Å². The summed E-state index contributed by atoms with van der Waals surface area (Å²) in [4.78, 5) is 16.2. The van der Waals surface area contributed by atoms with E-state index in [0.29, 0.717) is 13.0 Å². The number of hydrogen-bond acceptors (Lipinski definition) is 4. The Morgan fingerprint density at radius 2 is 1.88 bits per heavy atom. The van der Waals surface area contributed by atoms with Gasteiger partial charge in [0.05, 0.1) is 5.69 Å². The SMILES string of the molecule is O=C(COc1ccccc1F)NCCc1csc(-c2ccc(F)cc2)n1. The lowest BCUT2D eigenvalue weighted by Crippen LogP contribution is -2.30. The highest BCUT2D eigenvalue weighted by Crippen LogP contribution is 2.24. The second-order valence-corrected chi connectivity index (χ2v) is 6.33. The third-order valence-electron chi connectivity index (χ3n) is 3.54. The molecule has 26 heavy (non-hydrogen) atoms. The third-order valence-corrected chi connectivity index (χ3v) is 4.48. The van der Waals surface area contributed by atoms with Crippen molar-refractivity contribution in [2.45, 2.75) is 6.42 Å². The van der Waals surface area contributed by atoms with Crippen molar-refractivity contribution in [3.63, 3.8) is 0 Å². The van der Waals surface area contributed by atoms with Gasteiger partial charge in [0.15, 0.2) is 18.2 Å². The van der Waals surface area contributed by atoms with Crippen molar-refractivity contribution in [3.05, 3.63) is 71.2 Å². The van der Waals surface area contributed by atoms with Crippen molar-refractivity contribution < 1.29 is 18.3 Å². The molecule has 0 unspecified atom stereocenters. The average molecular weight is 374 g/mol. The molecule has 2 aromatic carbocycles. The van der Waals surface area contributed by atoms with E-state index in [2.05, 4.69) is 10.3 Å². The number of para-hydroxylation sites is 1. The molecule has 1 N–H and O–H groups in total. The molecule has 0 spiro atoms. The highest BCUT2D eigenvalue weighted by Gasteiger charge is 2.08. The third kappa shape index (κ3) is 4.86. The van der Waals surface area contributed by atoms with Gasteiger partial charge in [-0.15, -0.1) is 11.3 Å². The maximum Gasteiger partial charge on any atom is 0.257 e. The Balaban J connectivity index is 1.44. The molecule has 0 aliphatic rings. The Morgan fingerprint density at radius 3 is 2.65 bits per heavy atom. The molecule has 4 nitrogen and oxygen atoms in total. The van der Waals surface area contributed by atoms with Gasteiger partial charge in [-0.1, -0.05) is 12.1 Å². The van der Waals surface area contributed by atoms with E-state index in [1.807, 2.05) is 5.38 Å². The van der Waals surface area contributed by atoms with E-state index in [-0.39, 0.29) is 24.1 Å². The summed E-state index contributed by atoms with van der Waals surface area (Å²) in [5.41, 5.74) is 1.69. The first kappa shape index (κ1) is 18.0. The van der Waals surface area contributed by atoms with Crippen LogP contribution in [0.1, 0.15) is 5.69 Å². The first-order valence-electron chi connectivity index (χ1n) is 7.96.